The van der Waals surface area contributed by atoms with Gasteiger partial charge in [0, 0.05) is 14.0 Å². The highest BCUT2D eigenvalue weighted by molar-refractivity contribution is 6.32. The minimum Gasteiger partial charge on any atom is -0.462 e. The summed E-state index contributed by atoms with van der Waals surface area (Å²) in [4.78, 5) is 23.8. The Kier molecular flexibility index (Phi) is 4.88. The van der Waals surface area contributed by atoms with Crippen LogP contribution in [0.5, 0.6) is 0 Å². The number of ether oxygens (including phenoxy) is 1. The smallest absolute Gasteiger partial charge is 0.341 e. The molecule has 0 saturated heterocycles. The summed E-state index contributed by atoms with van der Waals surface area (Å²) < 4.78 is 20.5. The Morgan fingerprint density at radius 2 is 2.04 bits per heavy atom. The first-order valence-corrected chi connectivity index (χ1v) is 7.05. The number of carbonyl (C=O) groups is 2. The average molecular weight is 314 g/mol. The van der Waals surface area contributed by atoms with Crippen LogP contribution in [0.25, 0.3) is 0 Å². The van der Waals surface area contributed by atoms with E-state index in [1.54, 1.807) is 14.0 Å². The van der Waals surface area contributed by atoms with Crippen LogP contribution in [0.1, 0.15) is 34.7 Å². The van der Waals surface area contributed by atoms with Gasteiger partial charge in [0.25, 0.3) is 0 Å². The third kappa shape index (κ3) is 3.44. The van der Waals surface area contributed by atoms with Gasteiger partial charge in [-0.3, -0.25) is 4.79 Å². The number of nitrogens with zero attached hydrogens (tertiary/aromatic N) is 1. The Bertz CT molecular complexity index is 771. The van der Waals surface area contributed by atoms with Crippen molar-refractivity contribution in [2.45, 2.75) is 13.8 Å². The molecule has 0 amide bonds. The number of halogens is 1. The van der Waals surface area contributed by atoms with Crippen LogP contribution in [-0.2, 0) is 11.8 Å². The van der Waals surface area contributed by atoms with E-state index in [1.807, 2.05) is 0 Å². The van der Waals surface area contributed by atoms with Crippen LogP contribution < -0.4 is 10.8 Å². The van der Waals surface area contributed by atoms with Crippen molar-refractivity contribution in [1.82, 2.24) is 4.57 Å². The zero-order valence-electron chi connectivity index (χ0n) is 13.1. The van der Waals surface area contributed by atoms with E-state index in [0.29, 0.717) is 5.69 Å². The van der Waals surface area contributed by atoms with Gasteiger partial charge in [0.1, 0.15) is 25.0 Å². The van der Waals surface area contributed by atoms with Crippen LogP contribution in [-0.4, -0.2) is 30.8 Å². The molecule has 0 saturated carbocycles. The summed E-state index contributed by atoms with van der Waals surface area (Å²) >= 11 is 0. The van der Waals surface area contributed by atoms with Gasteiger partial charge in [-0.1, -0.05) is 11.5 Å². The second-order valence-corrected chi connectivity index (χ2v) is 4.99. The number of aromatic nitrogens is 1. The molecule has 7 heteroatoms. The standard InChI is InChI=1S/C16H16BFN2O3/c1-4-23-16(22)11-8-14(9(2)21)20(3)15(11)19-13-6-5-10(17)7-12(13)18/h5-8,19H,4H2,1-3H3. The molecule has 1 aromatic heterocycles. The molecule has 23 heavy (non-hydrogen) atoms. The lowest BCUT2D eigenvalue weighted by Gasteiger charge is -2.12. The van der Waals surface area contributed by atoms with E-state index in [2.05, 4.69) is 5.32 Å². The van der Waals surface area contributed by atoms with Crippen LogP contribution in [0.2, 0.25) is 0 Å². The molecular formula is C16H16BFN2O3. The highest BCUT2D eigenvalue weighted by atomic mass is 19.1. The molecule has 0 bridgehead atoms. The molecule has 118 valence electrons. The number of nitrogens with one attached hydrogen (secondary N) is 1. The van der Waals surface area contributed by atoms with E-state index in [1.165, 1.54) is 35.8 Å². The zero-order chi connectivity index (χ0) is 17.1. The number of ketones is 1. The molecule has 2 rings (SSSR count). The summed E-state index contributed by atoms with van der Waals surface area (Å²) in [5.41, 5.74) is 0.901. The Balaban J connectivity index is 2.50. The second-order valence-electron chi connectivity index (χ2n) is 4.99. The number of hydrogen-bond acceptors (Lipinski definition) is 4. The summed E-state index contributed by atoms with van der Waals surface area (Å²) in [7, 11) is 7.13. The van der Waals surface area contributed by atoms with E-state index in [9.17, 15) is 14.0 Å². The molecule has 0 fully saturated rings. The van der Waals surface area contributed by atoms with Crippen molar-refractivity contribution in [3.63, 3.8) is 0 Å². The molecule has 0 aliphatic heterocycles. The van der Waals surface area contributed by atoms with Crippen LogP contribution in [0.4, 0.5) is 15.9 Å². The number of rotatable bonds is 5. The Morgan fingerprint density at radius 1 is 1.35 bits per heavy atom. The quantitative estimate of drug-likeness (QED) is 0.521. The number of esters is 1. The number of anilines is 2. The molecule has 0 spiro atoms. The summed E-state index contributed by atoms with van der Waals surface area (Å²) in [6, 6.07) is 5.59. The van der Waals surface area contributed by atoms with Crippen molar-refractivity contribution in [2.24, 2.45) is 7.05 Å². The lowest BCUT2D eigenvalue weighted by Crippen LogP contribution is -2.11. The molecule has 2 radical (unpaired) electrons. The summed E-state index contributed by atoms with van der Waals surface area (Å²) in [6.07, 6.45) is 0. The molecule has 0 aliphatic rings. The topological polar surface area (TPSA) is 60.3 Å². The molecule has 1 aromatic carbocycles. The highest BCUT2D eigenvalue weighted by Gasteiger charge is 2.22. The van der Waals surface area contributed by atoms with Crippen molar-refractivity contribution in [2.75, 3.05) is 11.9 Å². The first-order valence-electron chi connectivity index (χ1n) is 7.05. The molecular weight excluding hydrogens is 298 g/mol. The summed E-state index contributed by atoms with van der Waals surface area (Å²) in [5, 5.41) is 2.83. The van der Waals surface area contributed by atoms with Gasteiger partial charge in [-0.15, -0.1) is 0 Å². The zero-order valence-corrected chi connectivity index (χ0v) is 13.1. The highest BCUT2D eigenvalue weighted by Crippen LogP contribution is 2.26. The van der Waals surface area contributed by atoms with Gasteiger partial charge < -0.3 is 14.6 Å². The molecule has 2 aromatic rings. The number of Topliss-reactive ketones (excluding diaryl/α,β-unsaturated/α-hetero) is 1. The molecule has 0 unspecified atom stereocenters. The van der Waals surface area contributed by atoms with Crippen LogP contribution >= 0.6 is 0 Å². The van der Waals surface area contributed by atoms with E-state index in [0.717, 1.165) is 0 Å². The molecule has 0 aliphatic carbocycles. The Hall–Kier alpha value is -2.57. The minimum absolute atomic E-state index is 0.140. The second kappa shape index (κ2) is 6.68. The van der Waals surface area contributed by atoms with Crippen molar-refractivity contribution in [1.29, 1.82) is 0 Å². The SMILES string of the molecule is [B]c1ccc(Nc2c(C(=O)OCC)cc(C(C)=O)n2C)c(F)c1. The van der Waals surface area contributed by atoms with Crippen LogP contribution in [0.15, 0.2) is 24.3 Å². The first kappa shape index (κ1) is 16.8. The Labute approximate surface area is 134 Å². The fourth-order valence-corrected chi connectivity index (χ4v) is 2.22. The lowest BCUT2D eigenvalue weighted by atomic mass is 9.96. The molecule has 0 atom stereocenters. The average Bonchev–Trinajstić information content (AvgIpc) is 2.80. The number of benzene rings is 1. The molecule has 1 N–H and O–H groups in total. The van der Waals surface area contributed by atoms with Gasteiger partial charge in [0.2, 0.25) is 0 Å². The molecule has 5 nitrogen and oxygen atoms in total. The van der Waals surface area contributed by atoms with Crippen molar-refractivity contribution in [3.05, 3.63) is 41.3 Å². The van der Waals surface area contributed by atoms with Gasteiger partial charge in [0.15, 0.2) is 5.78 Å². The van der Waals surface area contributed by atoms with Crippen molar-refractivity contribution in [3.8, 4) is 0 Å². The maximum Gasteiger partial charge on any atom is 0.341 e. The lowest BCUT2D eigenvalue weighted by molar-refractivity contribution is 0.0527. The summed E-state index contributed by atoms with van der Waals surface area (Å²) in [6.45, 7) is 3.26. The fourth-order valence-electron chi connectivity index (χ4n) is 2.22. The van der Waals surface area contributed by atoms with Crippen molar-refractivity contribution < 1.29 is 18.7 Å². The number of hydrogen-bond donors (Lipinski definition) is 1. The van der Waals surface area contributed by atoms with E-state index >= 15 is 0 Å². The number of carbonyl (C=O) groups excluding carboxylic acids is 2. The maximum atomic E-state index is 14.0. The summed E-state index contributed by atoms with van der Waals surface area (Å²) in [5.74, 6) is -1.10. The third-order valence-electron chi connectivity index (χ3n) is 3.34. The van der Waals surface area contributed by atoms with Gasteiger partial charge in [-0.05, 0) is 25.1 Å². The van der Waals surface area contributed by atoms with E-state index in [-0.39, 0.29) is 34.9 Å². The van der Waals surface area contributed by atoms with Gasteiger partial charge in [0.05, 0.1) is 18.0 Å². The predicted molar refractivity (Wildman–Crippen MR) is 86.4 cm³/mol. The van der Waals surface area contributed by atoms with Gasteiger partial charge in [-0.25, -0.2) is 9.18 Å². The fraction of sp³-hybridized carbons (Fsp3) is 0.250. The first-order chi connectivity index (χ1) is 10.8. The van der Waals surface area contributed by atoms with Crippen molar-refractivity contribution >= 4 is 36.6 Å². The Morgan fingerprint density at radius 3 is 2.61 bits per heavy atom. The maximum absolute atomic E-state index is 14.0. The van der Waals surface area contributed by atoms with E-state index in [4.69, 9.17) is 12.6 Å². The normalized spacial score (nSPS) is 10.4. The van der Waals surface area contributed by atoms with Crippen LogP contribution in [0, 0.1) is 5.82 Å². The van der Waals surface area contributed by atoms with Gasteiger partial charge in [-0.2, -0.15) is 0 Å². The van der Waals surface area contributed by atoms with Gasteiger partial charge >= 0.3 is 5.97 Å². The third-order valence-corrected chi connectivity index (χ3v) is 3.34. The predicted octanol–water partition coefficient (Wildman–Crippen LogP) is 2.08. The largest absolute Gasteiger partial charge is 0.462 e. The van der Waals surface area contributed by atoms with E-state index < -0.39 is 11.8 Å². The minimum atomic E-state index is -0.589. The monoisotopic (exact) mass is 314 g/mol. The molecule has 1 heterocycles. The van der Waals surface area contributed by atoms with Crippen LogP contribution in [0.3, 0.4) is 0 Å².